The van der Waals surface area contributed by atoms with E-state index < -0.39 is 0 Å². The van der Waals surface area contributed by atoms with E-state index >= 15 is 0 Å². The molecule has 2 aromatic heterocycles. The first-order valence-corrected chi connectivity index (χ1v) is 10.4. The van der Waals surface area contributed by atoms with Crippen molar-refractivity contribution in [3.8, 4) is 0 Å². The van der Waals surface area contributed by atoms with Crippen LogP contribution >= 0.6 is 0 Å². The van der Waals surface area contributed by atoms with Crippen molar-refractivity contribution in [2.45, 2.75) is 37.8 Å². The molecule has 2 bridgehead atoms. The van der Waals surface area contributed by atoms with Gasteiger partial charge in [0.05, 0.1) is 0 Å². The normalized spacial score (nSPS) is 29.4. The lowest BCUT2D eigenvalue weighted by Gasteiger charge is -2.57. The van der Waals surface area contributed by atoms with Crippen LogP contribution < -0.4 is 0 Å². The average molecular weight is 397 g/mol. The monoisotopic (exact) mass is 397 g/mol. The number of piperidine rings is 3. The number of nitrogens with zero attached hydrogens (tertiary/aromatic N) is 7. The molecule has 4 atom stereocenters. The second kappa shape index (κ2) is 7.05. The van der Waals surface area contributed by atoms with Gasteiger partial charge in [-0.05, 0) is 51.3 Å². The van der Waals surface area contributed by atoms with Crippen molar-refractivity contribution in [1.29, 1.82) is 0 Å². The maximum atomic E-state index is 13.2. The minimum absolute atomic E-state index is 0.135. The summed E-state index contributed by atoms with van der Waals surface area (Å²) in [6.45, 7) is 2.15. The van der Waals surface area contributed by atoms with Crippen LogP contribution in [0.15, 0.2) is 18.5 Å². The summed E-state index contributed by atoms with van der Waals surface area (Å²) >= 11 is 0. The fourth-order valence-corrected chi connectivity index (χ4v) is 5.51. The average Bonchev–Trinajstić information content (AvgIpc) is 3.14. The van der Waals surface area contributed by atoms with Crippen molar-refractivity contribution >= 4 is 17.6 Å². The first-order valence-electron chi connectivity index (χ1n) is 10.4. The molecule has 154 valence electrons. The number of carbonyl (C=O) groups is 2. The molecule has 3 aliphatic rings. The zero-order chi connectivity index (χ0) is 20.1. The van der Waals surface area contributed by atoms with Crippen LogP contribution in [0.3, 0.4) is 0 Å². The molecule has 5 heterocycles. The van der Waals surface area contributed by atoms with Gasteiger partial charge in [-0.3, -0.25) is 9.59 Å². The van der Waals surface area contributed by atoms with E-state index in [1.807, 2.05) is 4.90 Å². The van der Waals surface area contributed by atoms with E-state index in [0.717, 1.165) is 25.8 Å². The summed E-state index contributed by atoms with van der Waals surface area (Å²) < 4.78 is 1.54. The van der Waals surface area contributed by atoms with Crippen LogP contribution in [-0.2, 0) is 4.79 Å². The highest BCUT2D eigenvalue weighted by Crippen LogP contribution is 2.41. The molecule has 2 amide bonds. The molecule has 0 N–H and O–H groups in total. The third-order valence-corrected chi connectivity index (χ3v) is 6.64. The molecule has 3 fully saturated rings. The zero-order valence-corrected chi connectivity index (χ0v) is 16.9. The molecule has 0 radical (unpaired) electrons. The number of rotatable bonds is 3. The highest BCUT2D eigenvalue weighted by Gasteiger charge is 2.50. The van der Waals surface area contributed by atoms with Crippen LogP contribution in [0.2, 0.25) is 0 Å². The third kappa shape index (κ3) is 3.17. The molecule has 5 rings (SSSR count). The summed E-state index contributed by atoms with van der Waals surface area (Å²) in [6, 6.07) is 2.16. The molecule has 0 aromatic carbocycles. The molecule has 3 saturated heterocycles. The number of hydrogen-bond donors (Lipinski definition) is 0. The Morgan fingerprint density at radius 2 is 2.10 bits per heavy atom. The van der Waals surface area contributed by atoms with E-state index in [9.17, 15) is 9.59 Å². The van der Waals surface area contributed by atoms with Gasteiger partial charge in [-0.2, -0.15) is 4.98 Å². The minimum Gasteiger partial charge on any atom is -0.335 e. The van der Waals surface area contributed by atoms with Gasteiger partial charge in [0, 0.05) is 50.5 Å². The Morgan fingerprint density at radius 3 is 2.90 bits per heavy atom. The number of carbonyl (C=O) groups excluding carboxylic acids is 2. The van der Waals surface area contributed by atoms with Crippen LogP contribution in [-0.4, -0.2) is 91.9 Å². The van der Waals surface area contributed by atoms with Crippen molar-refractivity contribution in [3.63, 3.8) is 0 Å². The smallest absolute Gasteiger partial charge is 0.293 e. The maximum Gasteiger partial charge on any atom is 0.293 e. The second-order valence-electron chi connectivity index (χ2n) is 8.86. The first kappa shape index (κ1) is 18.5. The van der Waals surface area contributed by atoms with Gasteiger partial charge >= 0.3 is 0 Å². The fourth-order valence-electron chi connectivity index (χ4n) is 5.51. The predicted octanol–water partition coefficient (Wildman–Crippen LogP) is 0.528. The van der Waals surface area contributed by atoms with Crippen molar-refractivity contribution in [2.24, 2.45) is 11.8 Å². The molecular formula is C20H27N7O2. The SMILES string of the molecule is CN(C)C[C@H]1[C@H]2C[C@H](CN(C(=O)c3nc4ncccn4n3)C2)[C@@H]2CCCC(=O)N21. The largest absolute Gasteiger partial charge is 0.335 e. The first-order chi connectivity index (χ1) is 14.0. The molecule has 9 nitrogen and oxygen atoms in total. The van der Waals surface area contributed by atoms with Gasteiger partial charge in [0.2, 0.25) is 11.7 Å². The summed E-state index contributed by atoms with van der Waals surface area (Å²) in [7, 11) is 4.10. The van der Waals surface area contributed by atoms with Crippen LogP contribution in [0.4, 0.5) is 0 Å². The van der Waals surface area contributed by atoms with E-state index in [0.29, 0.717) is 31.2 Å². The Morgan fingerprint density at radius 1 is 1.28 bits per heavy atom. The number of likely N-dealkylation sites (tertiary alicyclic amines) is 1. The summed E-state index contributed by atoms with van der Waals surface area (Å²) in [4.78, 5) is 40.7. The maximum absolute atomic E-state index is 13.2. The van der Waals surface area contributed by atoms with Gasteiger partial charge < -0.3 is 14.7 Å². The van der Waals surface area contributed by atoms with Crippen LogP contribution in [0.25, 0.3) is 5.78 Å². The van der Waals surface area contributed by atoms with E-state index in [1.54, 1.807) is 18.5 Å². The summed E-state index contributed by atoms with van der Waals surface area (Å²) in [6.07, 6.45) is 7.10. The topological polar surface area (TPSA) is 86.9 Å². The van der Waals surface area contributed by atoms with Gasteiger partial charge in [0.15, 0.2) is 0 Å². The van der Waals surface area contributed by atoms with E-state index in [-0.39, 0.29) is 35.6 Å². The standard InChI is InChI=1S/C20H27N7O2/c1-24(2)12-16-14-9-13(15-5-3-6-17(28)27(15)16)10-25(11-14)19(29)18-22-20-21-7-4-8-26(20)23-18/h4,7-8,13-16H,3,5-6,9-12H2,1-2H3/t13-,14+,15+,16+/m1/s1. The van der Waals surface area contributed by atoms with Crippen LogP contribution in [0.1, 0.15) is 36.3 Å². The molecule has 0 aliphatic carbocycles. The van der Waals surface area contributed by atoms with Gasteiger partial charge in [0.1, 0.15) is 0 Å². The lowest BCUT2D eigenvalue weighted by atomic mass is 9.72. The van der Waals surface area contributed by atoms with Crippen molar-refractivity contribution in [2.75, 3.05) is 33.7 Å². The van der Waals surface area contributed by atoms with Crippen molar-refractivity contribution < 1.29 is 9.59 Å². The van der Waals surface area contributed by atoms with Gasteiger partial charge in [0.25, 0.3) is 11.7 Å². The minimum atomic E-state index is -0.135. The molecule has 0 saturated carbocycles. The van der Waals surface area contributed by atoms with E-state index in [2.05, 4.69) is 39.0 Å². The van der Waals surface area contributed by atoms with Gasteiger partial charge in [-0.15, -0.1) is 5.10 Å². The van der Waals surface area contributed by atoms with Gasteiger partial charge in [-0.25, -0.2) is 9.50 Å². The summed E-state index contributed by atoms with van der Waals surface area (Å²) in [5.41, 5.74) is 0. The van der Waals surface area contributed by atoms with E-state index in [1.165, 1.54) is 4.52 Å². The highest BCUT2D eigenvalue weighted by atomic mass is 16.2. The third-order valence-electron chi connectivity index (χ3n) is 6.64. The van der Waals surface area contributed by atoms with E-state index in [4.69, 9.17) is 0 Å². The number of aromatic nitrogens is 4. The quantitative estimate of drug-likeness (QED) is 0.751. The highest BCUT2D eigenvalue weighted by molar-refractivity contribution is 5.91. The van der Waals surface area contributed by atoms with Crippen LogP contribution in [0, 0.1) is 11.8 Å². The molecule has 3 aliphatic heterocycles. The molecule has 2 aromatic rings. The number of hydrogen-bond acceptors (Lipinski definition) is 6. The number of amides is 2. The lowest BCUT2D eigenvalue weighted by Crippen LogP contribution is -2.67. The predicted molar refractivity (Wildman–Crippen MR) is 105 cm³/mol. The van der Waals surface area contributed by atoms with Crippen molar-refractivity contribution in [1.82, 2.24) is 34.3 Å². The molecule has 9 heteroatoms. The Hall–Kier alpha value is -2.55. The Bertz CT molecular complexity index is 909. The molecular weight excluding hydrogens is 370 g/mol. The zero-order valence-electron chi connectivity index (χ0n) is 16.9. The molecule has 0 spiro atoms. The number of fused-ring (bicyclic) bond motifs is 5. The molecule has 29 heavy (non-hydrogen) atoms. The Labute approximate surface area is 169 Å². The van der Waals surface area contributed by atoms with Crippen molar-refractivity contribution in [3.05, 3.63) is 24.3 Å². The summed E-state index contributed by atoms with van der Waals surface area (Å²) in [5, 5.41) is 4.32. The Kier molecular flexibility index (Phi) is 4.49. The number of likely N-dealkylation sites (N-methyl/N-ethyl adjacent to an activating group) is 1. The van der Waals surface area contributed by atoms with Crippen LogP contribution in [0.5, 0.6) is 0 Å². The van der Waals surface area contributed by atoms with Gasteiger partial charge in [-0.1, -0.05) is 0 Å². The fraction of sp³-hybridized carbons (Fsp3) is 0.650. The molecule has 0 unspecified atom stereocenters. The summed E-state index contributed by atoms with van der Waals surface area (Å²) in [5.74, 6) is 1.40. The second-order valence-corrected chi connectivity index (χ2v) is 8.86. The Balaban J connectivity index is 1.43. The lowest BCUT2D eigenvalue weighted by molar-refractivity contribution is -0.152.